The van der Waals surface area contributed by atoms with Crippen molar-refractivity contribution in [2.45, 2.75) is 169 Å². The monoisotopic (exact) mass is 718 g/mol. The molecule has 0 aliphatic carbocycles. The molecule has 1 amide bonds. The second-order valence-electron chi connectivity index (χ2n) is 15.1. The van der Waals surface area contributed by atoms with E-state index in [-0.39, 0.29) is 42.5 Å². The Kier molecular flexibility index (Phi) is 20.3. The highest BCUT2D eigenvalue weighted by atomic mass is 16.6. The Morgan fingerprint density at radius 3 is 2.02 bits per heavy atom. The van der Waals surface area contributed by atoms with Crippen molar-refractivity contribution in [1.29, 1.82) is 0 Å². The Bertz CT molecular complexity index is 1370. The van der Waals surface area contributed by atoms with Crippen LogP contribution in [0.15, 0.2) is 11.1 Å². The van der Waals surface area contributed by atoms with Gasteiger partial charge in [-0.25, -0.2) is 14.6 Å². The number of nitrogens with one attached hydrogen (secondary N) is 2. The molecule has 0 fully saturated rings. The lowest BCUT2D eigenvalue weighted by Crippen LogP contribution is -2.47. The highest BCUT2D eigenvalue weighted by Crippen LogP contribution is 2.17. The number of aromatic amines is 1. The third kappa shape index (κ3) is 18.4. The molecule has 2 aromatic heterocycles. The summed E-state index contributed by atoms with van der Waals surface area (Å²) >= 11 is 0. The second kappa shape index (κ2) is 23.8. The minimum absolute atomic E-state index is 0.0160. The Hall–Kier alpha value is -3.64. The number of aromatic nitrogens is 4. The van der Waals surface area contributed by atoms with Gasteiger partial charge in [0, 0.05) is 18.9 Å². The van der Waals surface area contributed by atoms with E-state index in [0.717, 1.165) is 19.3 Å². The smallest absolute Gasteiger partial charge is 0.408 e. The topological polar surface area (TPSA) is 181 Å². The van der Waals surface area contributed by atoms with Crippen LogP contribution >= 0.6 is 0 Å². The van der Waals surface area contributed by atoms with Crippen LogP contribution in [0.4, 0.5) is 10.7 Å². The average Bonchev–Trinajstić information content (AvgIpc) is 3.45. The molecule has 2 unspecified atom stereocenters. The fourth-order valence-corrected chi connectivity index (χ4v) is 5.88. The quantitative estimate of drug-likeness (QED) is 0.0498. The molecule has 0 spiro atoms. The van der Waals surface area contributed by atoms with Crippen LogP contribution in [0.5, 0.6) is 0 Å². The van der Waals surface area contributed by atoms with Crippen molar-refractivity contribution in [2.24, 2.45) is 11.8 Å². The summed E-state index contributed by atoms with van der Waals surface area (Å²) in [5.41, 5.74) is 5.06. The molecular formula is C38H66N6O7. The molecule has 0 bridgehead atoms. The van der Waals surface area contributed by atoms with E-state index in [1.165, 1.54) is 83.4 Å². The summed E-state index contributed by atoms with van der Waals surface area (Å²) in [4.78, 5) is 61.1. The number of H-pyrrole nitrogens is 1. The van der Waals surface area contributed by atoms with Crippen LogP contribution in [0.1, 0.15) is 151 Å². The zero-order valence-corrected chi connectivity index (χ0v) is 32.2. The number of ether oxygens (including phenoxy) is 3. The standard InChI is InChI=1S/C38H66N6O7/c1-7-8-9-10-11-12-13-14-15-16-17-18-19-20-21-22-30(45)50-26-29(25-44-27-40-32-33(44)42-36(39)43-34(32)46)23-24-49-35(47)31(28(2)3)41-37(48)51-38(4,5)6/h27-29,31H,7-26H2,1-6H3,(H,41,48)(H3,39,42,43,46). The third-order valence-corrected chi connectivity index (χ3v) is 8.78. The molecule has 0 radical (unpaired) electrons. The van der Waals surface area contributed by atoms with Crippen LogP contribution in [-0.4, -0.2) is 62.4 Å². The first-order valence-electron chi connectivity index (χ1n) is 19.3. The highest BCUT2D eigenvalue weighted by Gasteiger charge is 2.28. The number of alkyl carbamates (subject to hydrolysis) is 1. The summed E-state index contributed by atoms with van der Waals surface area (Å²) < 4.78 is 18.2. The number of unbranched alkanes of at least 4 members (excludes halogenated alkanes) is 14. The van der Waals surface area contributed by atoms with Gasteiger partial charge in [-0.05, 0) is 39.5 Å². The van der Waals surface area contributed by atoms with Crippen LogP contribution in [0.3, 0.4) is 0 Å². The number of esters is 2. The highest BCUT2D eigenvalue weighted by molar-refractivity contribution is 5.81. The molecule has 290 valence electrons. The lowest BCUT2D eigenvalue weighted by Gasteiger charge is -2.25. The van der Waals surface area contributed by atoms with Crippen molar-refractivity contribution in [3.63, 3.8) is 0 Å². The van der Waals surface area contributed by atoms with Crippen molar-refractivity contribution in [3.05, 3.63) is 16.7 Å². The Labute approximate surface area is 304 Å². The number of anilines is 1. The predicted octanol–water partition coefficient (Wildman–Crippen LogP) is 7.61. The Morgan fingerprint density at radius 1 is 0.902 bits per heavy atom. The number of imidazole rings is 1. The molecular weight excluding hydrogens is 652 g/mol. The maximum atomic E-state index is 13.0. The maximum Gasteiger partial charge on any atom is 0.408 e. The van der Waals surface area contributed by atoms with Crippen molar-refractivity contribution < 1.29 is 28.6 Å². The van der Waals surface area contributed by atoms with Crippen LogP contribution in [0, 0.1) is 11.8 Å². The fourth-order valence-electron chi connectivity index (χ4n) is 5.88. The van der Waals surface area contributed by atoms with Gasteiger partial charge < -0.3 is 29.8 Å². The van der Waals surface area contributed by atoms with Crippen molar-refractivity contribution in [3.8, 4) is 0 Å². The second-order valence-corrected chi connectivity index (χ2v) is 15.1. The van der Waals surface area contributed by atoms with Crippen molar-refractivity contribution in [1.82, 2.24) is 24.8 Å². The van der Waals surface area contributed by atoms with Crippen LogP contribution in [0.25, 0.3) is 11.2 Å². The summed E-state index contributed by atoms with van der Waals surface area (Å²) in [5.74, 6) is -1.43. The van der Waals surface area contributed by atoms with E-state index in [0.29, 0.717) is 25.0 Å². The zero-order valence-electron chi connectivity index (χ0n) is 32.2. The summed E-state index contributed by atoms with van der Waals surface area (Å²) in [6.07, 6.45) is 20.3. The number of rotatable bonds is 26. The zero-order chi connectivity index (χ0) is 37.6. The molecule has 0 saturated heterocycles. The van der Waals surface area contributed by atoms with Gasteiger partial charge in [0.2, 0.25) is 5.95 Å². The summed E-state index contributed by atoms with van der Waals surface area (Å²) in [5, 5.41) is 2.60. The molecule has 13 nitrogen and oxygen atoms in total. The van der Waals surface area contributed by atoms with E-state index in [1.807, 2.05) is 0 Å². The van der Waals surface area contributed by atoms with Gasteiger partial charge in [-0.3, -0.25) is 14.6 Å². The van der Waals surface area contributed by atoms with Crippen LogP contribution < -0.4 is 16.6 Å². The SMILES string of the molecule is CCCCCCCCCCCCCCCCCC(=O)OCC(CCOC(=O)C(NC(=O)OC(C)(C)C)C(C)C)Cn1cnc2c(=O)[nH]c(N)nc21. The van der Waals surface area contributed by atoms with Gasteiger partial charge in [0.1, 0.15) is 11.6 Å². The van der Waals surface area contributed by atoms with Gasteiger partial charge in [0.25, 0.3) is 5.56 Å². The van der Waals surface area contributed by atoms with Gasteiger partial charge in [-0.2, -0.15) is 4.98 Å². The number of hydrogen-bond acceptors (Lipinski definition) is 10. The molecule has 2 atom stereocenters. The molecule has 0 aromatic carbocycles. The lowest BCUT2D eigenvalue weighted by atomic mass is 10.0. The van der Waals surface area contributed by atoms with E-state index in [2.05, 4.69) is 27.2 Å². The largest absolute Gasteiger partial charge is 0.465 e. The number of fused-ring (bicyclic) bond motifs is 1. The molecule has 0 saturated carbocycles. The fraction of sp³-hybridized carbons (Fsp3) is 0.789. The Balaban J connectivity index is 1.80. The van der Waals surface area contributed by atoms with E-state index in [1.54, 1.807) is 39.2 Å². The Morgan fingerprint density at radius 2 is 1.47 bits per heavy atom. The summed E-state index contributed by atoms with van der Waals surface area (Å²) in [6, 6.07) is -0.900. The van der Waals surface area contributed by atoms with Gasteiger partial charge in [0.05, 0.1) is 19.5 Å². The molecule has 13 heteroatoms. The van der Waals surface area contributed by atoms with E-state index in [4.69, 9.17) is 19.9 Å². The van der Waals surface area contributed by atoms with Crippen LogP contribution in [-0.2, 0) is 30.3 Å². The van der Waals surface area contributed by atoms with Gasteiger partial charge >= 0.3 is 18.0 Å². The number of amides is 1. The molecule has 0 aliphatic heterocycles. The van der Waals surface area contributed by atoms with E-state index < -0.39 is 29.3 Å². The molecule has 51 heavy (non-hydrogen) atoms. The molecule has 4 N–H and O–H groups in total. The van der Waals surface area contributed by atoms with Gasteiger partial charge in [0.15, 0.2) is 11.2 Å². The lowest BCUT2D eigenvalue weighted by molar-refractivity contribution is -0.150. The third-order valence-electron chi connectivity index (χ3n) is 8.78. The first kappa shape index (κ1) is 43.5. The summed E-state index contributed by atoms with van der Waals surface area (Å²) in [7, 11) is 0. The minimum atomic E-state index is -0.900. The number of nitrogen functional groups attached to an aromatic ring is 1. The van der Waals surface area contributed by atoms with Crippen molar-refractivity contribution in [2.75, 3.05) is 18.9 Å². The maximum absolute atomic E-state index is 13.0. The number of nitrogens with zero attached hydrogens (tertiary/aromatic N) is 3. The first-order chi connectivity index (χ1) is 24.3. The number of carbonyl (C=O) groups excluding carboxylic acids is 3. The number of nitrogens with two attached hydrogens (primary N) is 1. The predicted molar refractivity (Wildman–Crippen MR) is 200 cm³/mol. The molecule has 0 aliphatic rings. The van der Waals surface area contributed by atoms with E-state index >= 15 is 0 Å². The number of carbonyl (C=O) groups is 3. The summed E-state index contributed by atoms with van der Waals surface area (Å²) in [6.45, 7) is 11.5. The van der Waals surface area contributed by atoms with Gasteiger partial charge in [-0.1, -0.05) is 111 Å². The first-order valence-corrected chi connectivity index (χ1v) is 19.3. The molecule has 2 aromatic rings. The molecule has 2 rings (SSSR count). The average molecular weight is 719 g/mol. The minimum Gasteiger partial charge on any atom is -0.465 e. The van der Waals surface area contributed by atoms with Crippen molar-refractivity contribution >= 4 is 35.1 Å². The number of hydrogen-bond donors (Lipinski definition) is 3. The normalized spacial score (nSPS) is 12.9. The van der Waals surface area contributed by atoms with Gasteiger partial charge in [-0.15, -0.1) is 0 Å². The van der Waals surface area contributed by atoms with E-state index in [9.17, 15) is 19.2 Å². The molecule has 2 heterocycles. The van der Waals surface area contributed by atoms with Crippen LogP contribution in [0.2, 0.25) is 0 Å².